The Kier molecular flexibility index (Phi) is 5.99. The van der Waals surface area contributed by atoms with Gasteiger partial charge in [-0.2, -0.15) is 17.0 Å². The standard InChI is InChI=1S/C13H18N2S/c1-11(15-7-4-8-16-2)13-6-3-5-12(9-13)10-14/h3,5-6,9,11,15H,4,7-8H2,1-2H3. The topological polar surface area (TPSA) is 35.8 Å². The van der Waals surface area contributed by atoms with Crippen LogP contribution in [0.2, 0.25) is 0 Å². The van der Waals surface area contributed by atoms with E-state index in [2.05, 4.69) is 30.6 Å². The van der Waals surface area contributed by atoms with E-state index in [1.54, 1.807) is 0 Å². The smallest absolute Gasteiger partial charge is 0.0991 e. The minimum Gasteiger partial charge on any atom is -0.310 e. The second-order valence-electron chi connectivity index (χ2n) is 3.76. The molecule has 1 unspecified atom stereocenters. The average molecular weight is 234 g/mol. The third-order valence-electron chi connectivity index (χ3n) is 2.49. The molecule has 0 radical (unpaired) electrons. The summed E-state index contributed by atoms with van der Waals surface area (Å²) < 4.78 is 0. The number of hydrogen-bond acceptors (Lipinski definition) is 3. The van der Waals surface area contributed by atoms with Gasteiger partial charge in [0, 0.05) is 6.04 Å². The van der Waals surface area contributed by atoms with Crippen LogP contribution < -0.4 is 5.32 Å². The molecular formula is C13H18N2S. The minimum atomic E-state index is 0.315. The highest BCUT2D eigenvalue weighted by Crippen LogP contribution is 2.13. The molecule has 0 spiro atoms. The van der Waals surface area contributed by atoms with Crippen molar-refractivity contribution in [3.8, 4) is 6.07 Å². The second kappa shape index (κ2) is 7.32. The van der Waals surface area contributed by atoms with E-state index in [9.17, 15) is 0 Å². The number of rotatable bonds is 6. The van der Waals surface area contributed by atoms with Crippen LogP contribution >= 0.6 is 11.8 Å². The van der Waals surface area contributed by atoms with Crippen molar-refractivity contribution in [1.82, 2.24) is 5.32 Å². The zero-order valence-electron chi connectivity index (χ0n) is 9.86. The van der Waals surface area contributed by atoms with Crippen LogP contribution in [-0.2, 0) is 0 Å². The number of benzene rings is 1. The molecule has 0 heterocycles. The van der Waals surface area contributed by atoms with E-state index in [0.29, 0.717) is 6.04 Å². The van der Waals surface area contributed by atoms with Gasteiger partial charge in [-0.05, 0) is 49.6 Å². The fourth-order valence-corrected chi connectivity index (χ4v) is 1.96. The van der Waals surface area contributed by atoms with Crippen LogP contribution in [0.25, 0.3) is 0 Å². The van der Waals surface area contributed by atoms with Crippen molar-refractivity contribution >= 4 is 11.8 Å². The Bertz CT molecular complexity index is 357. The van der Waals surface area contributed by atoms with Gasteiger partial charge in [-0.1, -0.05) is 12.1 Å². The van der Waals surface area contributed by atoms with E-state index in [-0.39, 0.29) is 0 Å². The van der Waals surface area contributed by atoms with E-state index >= 15 is 0 Å². The normalized spacial score (nSPS) is 12.1. The molecule has 3 heteroatoms. The van der Waals surface area contributed by atoms with E-state index < -0.39 is 0 Å². The molecule has 0 aliphatic heterocycles. The highest BCUT2D eigenvalue weighted by molar-refractivity contribution is 7.98. The minimum absolute atomic E-state index is 0.315. The molecule has 0 aliphatic rings. The Morgan fingerprint density at radius 3 is 3.00 bits per heavy atom. The molecule has 0 fully saturated rings. The third kappa shape index (κ3) is 4.26. The zero-order chi connectivity index (χ0) is 11.8. The number of nitrogens with zero attached hydrogens (tertiary/aromatic N) is 1. The van der Waals surface area contributed by atoms with Crippen LogP contribution in [0.4, 0.5) is 0 Å². The highest BCUT2D eigenvalue weighted by Gasteiger charge is 2.04. The van der Waals surface area contributed by atoms with Gasteiger partial charge in [-0.3, -0.25) is 0 Å². The van der Waals surface area contributed by atoms with Crippen LogP contribution in [0.5, 0.6) is 0 Å². The van der Waals surface area contributed by atoms with Crippen molar-refractivity contribution in [2.24, 2.45) is 0 Å². The van der Waals surface area contributed by atoms with E-state index in [0.717, 1.165) is 12.1 Å². The quantitative estimate of drug-likeness (QED) is 0.769. The highest BCUT2D eigenvalue weighted by atomic mass is 32.2. The van der Waals surface area contributed by atoms with Crippen molar-refractivity contribution in [2.45, 2.75) is 19.4 Å². The van der Waals surface area contributed by atoms with Crippen molar-refractivity contribution in [1.29, 1.82) is 5.26 Å². The van der Waals surface area contributed by atoms with E-state index in [1.165, 1.54) is 17.7 Å². The largest absolute Gasteiger partial charge is 0.310 e. The van der Waals surface area contributed by atoms with Gasteiger partial charge in [-0.15, -0.1) is 0 Å². The van der Waals surface area contributed by atoms with Gasteiger partial charge in [0.1, 0.15) is 0 Å². The van der Waals surface area contributed by atoms with Crippen LogP contribution in [0, 0.1) is 11.3 Å². The van der Waals surface area contributed by atoms with Gasteiger partial charge in [0.15, 0.2) is 0 Å². The number of nitrogens with one attached hydrogen (secondary N) is 1. The van der Waals surface area contributed by atoms with Crippen LogP contribution in [0.15, 0.2) is 24.3 Å². The van der Waals surface area contributed by atoms with Crippen molar-refractivity contribution in [2.75, 3.05) is 18.6 Å². The Hall–Kier alpha value is -0.980. The summed E-state index contributed by atoms with van der Waals surface area (Å²) in [6.07, 6.45) is 3.31. The molecule has 0 bridgehead atoms. The number of nitriles is 1. The van der Waals surface area contributed by atoms with Gasteiger partial charge in [0.25, 0.3) is 0 Å². The van der Waals surface area contributed by atoms with Crippen molar-refractivity contribution < 1.29 is 0 Å². The predicted molar refractivity (Wildman–Crippen MR) is 70.6 cm³/mol. The summed E-state index contributed by atoms with van der Waals surface area (Å²) in [6, 6.07) is 10.3. The fraction of sp³-hybridized carbons (Fsp3) is 0.462. The maximum atomic E-state index is 8.82. The summed E-state index contributed by atoms with van der Waals surface area (Å²) in [6.45, 7) is 3.16. The first-order chi connectivity index (χ1) is 7.77. The van der Waals surface area contributed by atoms with Gasteiger partial charge >= 0.3 is 0 Å². The lowest BCUT2D eigenvalue weighted by Gasteiger charge is -2.14. The molecule has 1 aromatic rings. The Morgan fingerprint density at radius 2 is 2.31 bits per heavy atom. The molecule has 0 saturated heterocycles. The summed E-state index contributed by atoms with van der Waals surface area (Å²) in [7, 11) is 0. The third-order valence-corrected chi connectivity index (χ3v) is 3.19. The first kappa shape index (κ1) is 13.1. The maximum absolute atomic E-state index is 8.82. The van der Waals surface area contributed by atoms with E-state index in [1.807, 2.05) is 30.0 Å². The van der Waals surface area contributed by atoms with Crippen molar-refractivity contribution in [3.05, 3.63) is 35.4 Å². The first-order valence-electron chi connectivity index (χ1n) is 5.50. The lowest BCUT2D eigenvalue weighted by molar-refractivity contribution is 0.572. The van der Waals surface area contributed by atoms with Gasteiger partial charge in [0.05, 0.1) is 11.6 Å². The van der Waals surface area contributed by atoms with Crippen LogP contribution in [-0.4, -0.2) is 18.6 Å². The summed E-state index contributed by atoms with van der Waals surface area (Å²) >= 11 is 1.87. The monoisotopic (exact) mass is 234 g/mol. The molecule has 1 atom stereocenters. The first-order valence-corrected chi connectivity index (χ1v) is 6.89. The molecule has 0 aromatic heterocycles. The van der Waals surface area contributed by atoms with Crippen molar-refractivity contribution in [3.63, 3.8) is 0 Å². The molecule has 1 aromatic carbocycles. The number of hydrogen-bond donors (Lipinski definition) is 1. The Labute approximate surface area is 102 Å². The summed E-state index contributed by atoms with van der Waals surface area (Å²) in [5.41, 5.74) is 1.92. The summed E-state index contributed by atoms with van der Waals surface area (Å²) in [4.78, 5) is 0. The SMILES string of the molecule is CSCCCNC(C)c1cccc(C#N)c1. The van der Waals surface area contributed by atoms with Crippen LogP contribution in [0.3, 0.4) is 0 Å². The molecule has 16 heavy (non-hydrogen) atoms. The molecule has 0 saturated carbocycles. The molecule has 2 nitrogen and oxygen atoms in total. The van der Waals surface area contributed by atoms with Crippen LogP contribution in [0.1, 0.15) is 30.5 Å². The molecule has 1 rings (SSSR count). The number of thioether (sulfide) groups is 1. The van der Waals surface area contributed by atoms with Gasteiger partial charge < -0.3 is 5.32 Å². The summed E-state index contributed by atoms with van der Waals surface area (Å²) in [5.74, 6) is 1.19. The maximum Gasteiger partial charge on any atom is 0.0991 e. The molecule has 0 amide bonds. The fourth-order valence-electron chi connectivity index (χ4n) is 1.53. The van der Waals surface area contributed by atoms with Gasteiger partial charge in [-0.25, -0.2) is 0 Å². The molecule has 86 valence electrons. The molecule has 1 N–H and O–H groups in total. The Morgan fingerprint density at radius 1 is 1.50 bits per heavy atom. The summed E-state index contributed by atoms with van der Waals surface area (Å²) in [5, 5.41) is 12.3. The van der Waals surface area contributed by atoms with Gasteiger partial charge in [0.2, 0.25) is 0 Å². The molecular weight excluding hydrogens is 216 g/mol. The lowest BCUT2D eigenvalue weighted by Crippen LogP contribution is -2.20. The molecule has 0 aliphatic carbocycles. The van der Waals surface area contributed by atoms with E-state index in [4.69, 9.17) is 5.26 Å². The Balaban J connectivity index is 2.46. The zero-order valence-corrected chi connectivity index (χ0v) is 10.7. The second-order valence-corrected chi connectivity index (χ2v) is 4.75. The predicted octanol–water partition coefficient (Wildman–Crippen LogP) is 2.96. The lowest BCUT2D eigenvalue weighted by atomic mass is 10.1. The average Bonchev–Trinajstić information content (AvgIpc) is 2.34.